The van der Waals surface area contributed by atoms with E-state index in [1.54, 1.807) is 29.3 Å². The summed E-state index contributed by atoms with van der Waals surface area (Å²) in [6, 6.07) is 16.9. The smallest absolute Gasteiger partial charge is 0.306 e. The van der Waals surface area contributed by atoms with Crippen molar-refractivity contribution < 1.29 is 13.9 Å². The molecule has 154 valence electrons. The topological polar surface area (TPSA) is 53.9 Å². The van der Waals surface area contributed by atoms with Crippen molar-refractivity contribution in [2.24, 2.45) is 5.10 Å². The first kappa shape index (κ1) is 18.8. The van der Waals surface area contributed by atoms with E-state index in [1.165, 1.54) is 12.1 Å². The number of carbonyl (C=O) groups excluding carboxylic acids is 1. The van der Waals surface area contributed by atoms with Gasteiger partial charge in [0, 0.05) is 21.5 Å². The number of nitrogens with one attached hydrogen (secondary N) is 1. The minimum absolute atomic E-state index is 0.266. The van der Waals surface area contributed by atoms with E-state index in [9.17, 15) is 9.18 Å². The van der Waals surface area contributed by atoms with E-state index >= 15 is 0 Å². The molecule has 0 unspecified atom stereocenters. The molecule has 0 bridgehead atoms. The first-order valence-electron chi connectivity index (χ1n) is 9.68. The summed E-state index contributed by atoms with van der Waals surface area (Å²) in [5.41, 5.74) is 2.30. The summed E-state index contributed by atoms with van der Waals surface area (Å²) in [4.78, 5) is 13.4. The standard InChI is InChI=1S/C23H14BrClFN3O2/c24-13-3-7-18-17(9-13)23(22(30)27-18)29-20(16-10-14(25)4-8-21(16)31-23)11-19(28-29)12-1-5-15(26)6-2-12/h1-10,20H,11H2,(H,27,30)/t20-,23+/m1/s1. The third-order valence-corrected chi connectivity index (χ3v) is 6.63. The van der Waals surface area contributed by atoms with Gasteiger partial charge in [-0.2, -0.15) is 5.10 Å². The molecule has 0 saturated heterocycles. The zero-order chi connectivity index (χ0) is 21.3. The molecule has 3 aromatic rings. The number of ether oxygens (including phenoxy) is 1. The van der Waals surface area contributed by atoms with Crippen molar-refractivity contribution in [3.8, 4) is 5.75 Å². The van der Waals surface area contributed by atoms with Gasteiger partial charge in [-0.15, -0.1) is 0 Å². The van der Waals surface area contributed by atoms with Gasteiger partial charge in [-0.1, -0.05) is 39.7 Å². The number of halogens is 3. The van der Waals surface area contributed by atoms with Gasteiger partial charge in [0.1, 0.15) is 11.6 Å². The number of carbonyl (C=O) groups is 1. The number of amides is 1. The van der Waals surface area contributed by atoms with Gasteiger partial charge in [0.05, 0.1) is 23.0 Å². The Bertz CT molecular complexity index is 1300. The van der Waals surface area contributed by atoms with Gasteiger partial charge in [0.25, 0.3) is 5.91 Å². The molecular weight excluding hydrogens is 485 g/mol. The van der Waals surface area contributed by atoms with E-state index in [4.69, 9.17) is 21.4 Å². The van der Waals surface area contributed by atoms with E-state index in [0.717, 1.165) is 21.3 Å². The highest BCUT2D eigenvalue weighted by atomic mass is 79.9. The maximum atomic E-state index is 13.5. The number of anilines is 1. The predicted molar refractivity (Wildman–Crippen MR) is 119 cm³/mol. The maximum Gasteiger partial charge on any atom is 0.306 e. The Labute approximate surface area is 190 Å². The normalized spacial score (nSPS) is 23.1. The van der Waals surface area contributed by atoms with Crippen LogP contribution in [0.25, 0.3) is 0 Å². The highest BCUT2D eigenvalue weighted by Gasteiger charge is 2.61. The number of rotatable bonds is 1. The van der Waals surface area contributed by atoms with Crippen LogP contribution >= 0.6 is 27.5 Å². The Kier molecular flexibility index (Phi) is 3.98. The first-order valence-corrected chi connectivity index (χ1v) is 10.9. The average molecular weight is 499 g/mol. The lowest BCUT2D eigenvalue weighted by Gasteiger charge is -2.44. The molecule has 1 spiro atoms. The van der Waals surface area contributed by atoms with E-state index in [2.05, 4.69) is 21.2 Å². The predicted octanol–water partition coefficient (Wildman–Crippen LogP) is 5.59. The number of benzene rings is 3. The van der Waals surface area contributed by atoms with E-state index in [-0.39, 0.29) is 17.8 Å². The van der Waals surface area contributed by atoms with Crippen LogP contribution in [0.1, 0.15) is 29.2 Å². The second-order valence-electron chi connectivity index (χ2n) is 7.69. The molecule has 2 atom stereocenters. The van der Waals surface area contributed by atoms with Gasteiger partial charge in [0.15, 0.2) is 0 Å². The number of hydrogen-bond donors (Lipinski definition) is 1. The van der Waals surface area contributed by atoms with Gasteiger partial charge in [0.2, 0.25) is 0 Å². The first-order chi connectivity index (χ1) is 15.0. The molecule has 5 nitrogen and oxygen atoms in total. The lowest BCUT2D eigenvalue weighted by Crippen LogP contribution is -2.55. The molecule has 1 N–H and O–H groups in total. The summed E-state index contributed by atoms with van der Waals surface area (Å²) >= 11 is 9.78. The molecule has 3 aromatic carbocycles. The molecule has 0 aliphatic carbocycles. The third kappa shape index (κ3) is 2.66. The number of hydrogen-bond acceptors (Lipinski definition) is 4. The van der Waals surface area contributed by atoms with E-state index < -0.39 is 5.72 Å². The molecule has 0 radical (unpaired) electrons. The SMILES string of the molecule is O=C1Nc2ccc(Br)cc2[C@]12Oc1ccc(Cl)cc1[C@H]1CC(c3ccc(F)cc3)=NN12. The van der Waals surface area contributed by atoms with Crippen molar-refractivity contribution in [3.05, 3.63) is 92.7 Å². The van der Waals surface area contributed by atoms with Crippen LogP contribution in [0.4, 0.5) is 10.1 Å². The van der Waals surface area contributed by atoms with Gasteiger partial charge < -0.3 is 10.1 Å². The Morgan fingerprint density at radius 3 is 2.77 bits per heavy atom. The lowest BCUT2D eigenvalue weighted by molar-refractivity contribution is -0.161. The van der Waals surface area contributed by atoms with E-state index in [1.807, 2.05) is 24.3 Å². The number of nitrogens with zero attached hydrogens (tertiary/aromatic N) is 2. The highest BCUT2D eigenvalue weighted by Crippen LogP contribution is 2.54. The summed E-state index contributed by atoms with van der Waals surface area (Å²) in [7, 11) is 0. The molecule has 0 saturated carbocycles. The van der Waals surface area contributed by atoms with Crippen LogP contribution in [0.3, 0.4) is 0 Å². The van der Waals surface area contributed by atoms with Crippen molar-refractivity contribution in [1.82, 2.24) is 5.01 Å². The van der Waals surface area contributed by atoms with E-state index in [0.29, 0.717) is 28.4 Å². The summed E-state index contributed by atoms with van der Waals surface area (Å²) in [6.07, 6.45) is 0.528. The molecule has 8 heteroatoms. The second-order valence-corrected chi connectivity index (χ2v) is 9.04. The van der Waals surface area contributed by atoms with Crippen molar-refractivity contribution in [2.45, 2.75) is 18.2 Å². The summed E-state index contributed by atoms with van der Waals surface area (Å²) < 4.78 is 20.7. The Hall–Kier alpha value is -2.90. The quantitative estimate of drug-likeness (QED) is 0.476. The number of fused-ring (bicyclic) bond motifs is 6. The van der Waals surface area contributed by atoms with Crippen LogP contribution in [0, 0.1) is 5.82 Å². The van der Waals surface area contributed by atoms with Crippen molar-refractivity contribution >= 4 is 44.8 Å². The van der Waals surface area contributed by atoms with Crippen LogP contribution < -0.4 is 10.1 Å². The fourth-order valence-electron chi connectivity index (χ4n) is 4.50. The molecule has 3 aliphatic rings. The third-order valence-electron chi connectivity index (χ3n) is 5.90. The zero-order valence-corrected chi connectivity index (χ0v) is 18.2. The molecule has 0 aromatic heterocycles. The van der Waals surface area contributed by atoms with Crippen molar-refractivity contribution in [1.29, 1.82) is 0 Å². The van der Waals surface area contributed by atoms with Crippen LogP contribution in [-0.4, -0.2) is 16.6 Å². The molecule has 1 amide bonds. The molecular formula is C23H14BrClFN3O2. The van der Waals surface area contributed by atoms with Crippen LogP contribution in [0.15, 0.2) is 70.2 Å². The monoisotopic (exact) mass is 497 g/mol. The Morgan fingerprint density at radius 1 is 1.16 bits per heavy atom. The second kappa shape index (κ2) is 6.55. The van der Waals surface area contributed by atoms with Crippen LogP contribution in [-0.2, 0) is 10.5 Å². The summed E-state index contributed by atoms with van der Waals surface area (Å²) in [5.74, 6) is -0.0366. The van der Waals surface area contributed by atoms with Crippen LogP contribution in [0.2, 0.25) is 5.02 Å². The Morgan fingerprint density at radius 2 is 1.97 bits per heavy atom. The molecule has 31 heavy (non-hydrogen) atoms. The van der Waals surface area contributed by atoms with Gasteiger partial charge in [-0.25, -0.2) is 9.40 Å². The largest absolute Gasteiger partial charge is 0.453 e. The fraction of sp³-hybridized carbons (Fsp3) is 0.130. The maximum absolute atomic E-state index is 13.5. The fourth-order valence-corrected chi connectivity index (χ4v) is 5.04. The number of hydrazone groups is 1. The van der Waals surface area contributed by atoms with Gasteiger partial charge in [-0.3, -0.25) is 4.79 Å². The summed E-state index contributed by atoms with van der Waals surface area (Å²) in [5, 5.41) is 10.1. The molecule has 6 rings (SSSR count). The zero-order valence-electron chi connectivity index (χ0n) is 15.9. The summed E-state index contributed by atoms with van der Waals surface area (Å²) in [6.45, 7) is 0. The van der Waals surface area contributed by atoms with Gasteiger partial charge >= 0.3 is 5.72 Å². The molecule has 3 heterocycles. The minimum Gasteiger partial charge on any atom is -0.453 e. The Balaban J connectivity index is 1.58. The lowest BCUT2D eigenvalue weighted by atomic mass is 9.92. The van der Waals surface area contributed by atoms with Crippen molar-refractivity contribution in [2.75, 3.05) is 5.32 Å². The van der Waals surface area contributed by atoms with Crippen LogP contribution in [0.5, 0.6) is 5.75 Å². The highest BCUT2D eigenvalue weighted by molar-refractivity contribution is 9.10. The van der Waals surface area contributed by atoms with Gasteiger partial charge in [-0.05, 0) is 54.1 Å². The minimum atomic E-state index is -1.45. The van der Waals surface area contributed by atoms with Crippen molar-refractivity contribution in [3.63, 3.8) is 0 Å². The average Bonchev–Trinajstić information content (AvgIpc) is 3.31. The molecule has 0 fully saturated rings. The molecule has 3 aliphatic heterocycles.